The Balaban J connectivity index is 2.65. The highest BCUT2D eigenvalue weighted by Gasteiger charge is 2.63. The number of nitrogen functional groups attached to an aromatic ring is 1. The molecule has 0 saturated carbocycles. The van der Waals surface area contributed by atoms with Gasteiger partial charge in [0.1, 0.15) is 5.82 Å². The number of nitrogens with two attached hydrogens (primary N) is 1. The van der Waals surface area contributed by atoms with Crippen LogP contribution in [0.1, 0.15) is 5.56 Å². The van der Waals surface area contributed by atoms with E-state index in [-0.39, 0.29) is 11.4 Å². The summed E-state index contributed by atoms with van der Waals surface area (Å²) in [5, 5.41) is 7.05. The van der Waals surface area contributed by atoms with E-state index in [2.05, 4.69) is 10.2 Å². The number of aromatic amines is 1. The van der Waals surface area contributed by atoms with Crippen LogP contribution >= 0.6 is 0 Å². The molecule has 1 amide bonds. The number of amides is 1. The molecule has 0 radical (unpaired) electrons. The lowest BCUT2D eigenvalue weighted by molar-refractivity contribution is -0.269. The summed E-state index contributed by atoms with van der Waals surface area (Å²) in [5.41, 5.74) is 5.35. The normalized spacial score (nSPS) is 12.5. The predicted molar refractivity (Wildman–Crippen MR) is 45.8 cm³/mol. The second-order valence-electron chi connectivity index (χ2n) is 3.06. The van der Waals surface area contributed by atoms with Gasteiger partial charge in [-0.05, 0) is 0 Å². The van der Waals surface area contributed by atoms with E-state index in [0.29, 0.717) is 0 Å². The topological polar surface area (TPSA) is 83.8 Å². The van der Waals surface area contributed by atoms with Gasteiger partial charge in [0.15, 0.2) is 0 Å². The van der Waals surface area contributed by atoms with Crippen LogP contribution in [0.25, 0.3) is 0 Å². The van der Waals surface area contributed by atoms with Crippen molar-refractivity contribution in [2.45, 2.75) is 18.6 Å². The third-order valence-electron chi connectivity index (χ3n) is 1.83. The van der Waals surface area contributed by atoms with Crippen LogP contribution in [0.2, 0.25) is 0 Å². The van der Waals surface area contributed by atoms with Crippen molar-refractivity contribution in [1.82, 2.24) is 15.5 Å². The number of carbonyl (C=O) groups excluding carboxylic acids is 1. The van der Waals surface area contributed by atoms with Gasteiger partial charge in [0.25, 0.3) is 0 Å². The lowest BCUT2D eigenvalue weighted by Gasteiger charge is -2.18. The SMILES string of the molecule is Nc1[nH]ncc1CNC(=O)C(F)(F)C(F)(F)F. The molecule has 0 bridgehead atoms. The fourth-order valence-corrected chi connectivity index (χ4v) is 0.877. The standard InChI is InChI=1S/C7H7F5N4O/c8-6(9,7(10,11)12)5(17)14-1-3-2-15-16-4(3)13/h2H,1H2,(H,14,17)(H3,13,15,16). The van der Waals surface area contributed by atoms with E-state index in [1.165, 1.54) is 5.32 Å². The van der Waals surface area contributed by atoms with E-state index in [4.69, 9.17) is 5.73 Å². The highest BCUT2D eigenvalue weighted by molar-refractivity contribution is 5.84. The van der Waals surface area contributed by atoms with Crippen LogP contribution in [-0.2, 0) is 11.3 Å². The van der Waals surface area contributed by atoms with Gasteiger partial charge < -0.3 is 11.1 Å². The van der Waals surface area contributed by atoms with Gasteiger partial charge in [-0.15, -0.1) is 0 Å². The molecule has 0 atom stereocenters. The largest absolute Gasteiger partial charge is 0.463 e. The molecule has 1 aromatic heterocycles. The molecule has 5 nitrogen and oxygen atoms in total. The molecule has 0 fully saturated rings. The molecule has 0 unspecified atom stereocenters. The summed E-state index contributed by atoms with van der Waals surface area (Å²) in [7, 11) is 0. The third kappa shape index (κ3) is 2.63. The zero-order chi connectivity index (χ0) is 13.3. The Morgan fingerprint density at radius 2 is 2.00 bits per heavy atom. The molecule has 0 saturated heterocycles. The minimum absolute atomic E-state index is 0.0272. The molecule has 17 heavy (non-hydrogen) atoms. The molecule has 10 heteroatoms. The number of carbonyl (C=O) groups is 1. The number of hydrogen-bond acceptors (Lipinski definition) is 3. The lowest BCUT2D eigenvalue weighted by atomic mass is 10.2. The quantitative estimate of drug-likeness (QED) is 0.701. The van der Waals surface area contributed by atoms with Crippen LogP contribution < -0.4 is 11.1 Å². The maximum absolute atomic E-state index is 12.5. The van der Waals surface area contributed by atoms with Gasteiger partial charge in [-0.3, -0.25) is 9.89 Å². The van der Waals surface area contributed by atoms with Gasteiger partial charge in [-0.2, -0.15) is 27.1 Å². The zero-order valence-corrected chi connectivity index (χ0v) is 8.11. The summed E-state index contributed by atoms with van der Waals surface area (Å²) < 4.78 is 60.2. The van der Waals surface area contributed by atoms with Crippen molar-refractivity contribution in [3.63, 3.8) is 0 Å². The Morgan fingerprint density at radius 1 is 1.41 bits per heavy atom. The highest BCUT2D eigenvalue weighted by Crippen LogP contribution is 2.35. The minimum atomic E-state index is -5.93. The minimum Gasteiger partial charge on any atom is -0.384 e. The van der Waals surface area contributed by atoms with Crippen molar-refractivity contribution in [2.24, 2.45) is 0 Å². The smallest absolute Gasteiger partial charge is 0.384 e. The molecule has 1 aromatic rings. The Bertz CT molecular complexity index is 413. The van der Waals surface area contributed by atoms with Crippen LogP contribution in [0.15, 0.2) is 6.20 Å². The maximum atomic E-state index is 12.5. The van der Waals surface area contributed by atoms with Crippen molar-refractivity contribution >= 4 is 11.7 Å². The fraction of sp³-hybridized carbons (Fsp3) is 0.429. The number of rotatable bonds is 3. The van der Waals surface area contributed by atoms with Gasteiger partial charge in [0.2, 0.25) is 0 Å². The summed E-state index contributed by atoms with van der Waals surface area (Å²) in [6.07, 6.45) is -4.83. The average molecular weight is 258 g/mol. The number of hydrogen-bond donors (Lipinski definition) is 3. The van der Waals surface area contributed by atoms with E-state index in [0.717, 1.165) is 6.20 Å². The summed E-state index contributed by atoms with van der Waals surface area (Å²) >= 11 is 0. The number of alkyl halides is 5. The number of halogens is 5. The first-order valence-electron chi connectivity index (χ1n) is 4.17. The molecule has 0 aliphatic carbocycles. The lowest BCUT2D eigenvalue weighted by Crippen LogP contribution is -2.50. The Labute approximate surface area is 91.2 Å². The van der Waals surface area contributed by atoms with Crippen molar-refractivity contribution in [1.29, 1.82) is 0 Å². The average Bonchev–Trinajstić information content (AvgIpc) is 2.58. The Kier molecular flexibility index (Phi) is 3.25. The molecule has 0 aliphatic rings. The number of nitrogens with zero attached hydrogens (tertiary/aromatic N) is 1. The van der Waals surface area contributed by atoms with Crippen LogP contribution in [0.5, 0.6) is 0 Å². The van der Waals surface area contributed by atoms with E-state index >= 15 is 0 Å². The van der Waals surface area contributed by atoms with E-state index < -0.39 is 24.6 Å². The predicted octanol–water partition coefficient (Wildman–Crippen LogP) is 0.806. The molecule has 0 spiro atoms. The molecule has 1 rings (SSSR count). The van der Waals surface area contributed by atoms with Gasteiger partial charge in [0, 0.05) is 12.1 Å². The Morgan fingerprint density at radius 3 is 2.41 bits per heavy atom. The van der Waals surface area contributed by atoms with Crippen molar-refractivity contribution in [3.05, 3.63) is 11.8 Å². The highest BCUT2D eigenvalue weighted by atomic mass is 19.4. The van der Waals surface area contributed by atoms with Crippen molar-refractivity contribution in [3.8, 4) is 0 Å². The monoisotopic (exact) mass is 258 g/mol. The fourth-order valence-electron chi connectivity index (χ4n) is 0.877. The van der Waals surface area contributed by atoms with E-state index in [1.54, 1.807) is 0 Å². The first-order valence-corrected chi connectivity index (χ1v) is 4.17. The summed E-state index contributed by atoms with van der Waals surface area (Å²) in [5.74, 6) is -7.91. The number of nitrogens with one attached hydrogen (secondary N) is 2. The van der Waals surface area contributed by atoms with Gasteiger partial charge in [0.05, 0.1) is 6.20 Å². The van der Waals surface area contributed by atoms with E-state index in [1.807, 2.05) is 0 Å². The van der Waals surface area contributed by atoms with Gasteiger partial charge in [-0.1, -0.05) is 0 Å². The van der Waals surface area contributed by atoms with Crippen molar-refractivity contribution in [2.75, 3.05) is 5.73 Å². The van der Waals surface area contributed by atoms with Crippen LogP contribution in [0.3, 0.4) is 0 Å². The Hall–Kier alpha value is -1.87. The summed E-state index contributed by atoms with van der Waals surface area (Å²) in [6, 6.07) is 0. The molecule has 4 N–H and O–H groups in total. The number of anilines is 1. The van der Waals surface area contributed by atoms with Gasteiger partial charge in [-0.25, -0.2) is 0 Å². The van der Waals surface area contributed by atoms with E-state index in [9.17, 15) is 26.7 Å². The molecule has 0 aliphatic heterocycles. The molecular weight excluding hydrogens is 251 g/mol. The third-order valence-corrected chi connectivity index (χ3v) is 1.83. The summed E-state index contributed by atoms with van der Waals surface area (Å²) in [6.45, 7) is -0.577. The number of H-pyrrole nitrogens is 1. The zero-order valence-electron chi connectivity index (χ0n) is 8.11. The maximum Gasteiger partial charge on any atom is 0.463 e. The molecule has 1 heterocycles. The second kappa shape index (κ2) is 4.18. The van der Waals surface area contributed by atoms with Crippen molar-refractivity contribution < 1.29 is 26.7 Å². The molecule has 96 valence electrons. The van der Waals surface area contributed by atoms with Crippen LogP contribution in [0, 0.1) is 0 Å². The molecule has 0 aromatic carbocycles. The van der Waals surface area contributed by atoms with Gasteiger partial charge >= 0.3 is 18.0 Å². The first kappa shape index (κ1) is 13.2. The van der Waals surface area contributed by atoms with Crippen LogP contribution in [0.4, 0.5) is 27.8 Å². The number of aromatic nitrogens is 2. The summed E-state index contributed by atoms with van der Waals surface area (Å²) in [4.78, 5) is 10.7. The first-order chi connectivity index (χ1) is 7.66. The van der Waals surface area contributed by atoms with Crippen LogP contribution in [-0.4, -0.2) is 28.2 Å². The second-order valence-corrected chi connectivity index (χ2v) is 3.06. The molecular formula is C7H7F5N4O.